The van der Waals surface area contributed by atoms with E-state index in [2.05, 4.69) is 38.5 Å². The fourth-order valence-electron chi connectivity index (χ4n) is 1.47. The Balaban J connectivity index is 0.00000400. The van der Waals surface area contributed by atoms with Gasteiger partial charge in [0.25, 0.3) is 0 Å². The van der Waals surface area contributed by atoms with Crippen LogP contribution in [0.15, 0.2) is 33.7 Å². The number of anilines is 1. The number of hydrogen-bond acceptors (Lipinski definition) is 2. The summed E-state index contributed by atoms with van der Waals surface area (Å²) in [5.41, 5.74) is 6.45. The minimum atomic E-state index is -0.0545. The number of benzene rings is 1. The number of aliphatic imine (C=N–C) groups is 1. The second-order valence-electron chi connectivity index (χ2n) is 4.35. The zero-order chi connectivity index (χ0) is 14.8. The van der Waals surface area contributed by atoms with Gasteiger partial charge in [0.1, 0.15) is 0 Å². The molecule has 0 fully saturated rings. The molecule has 0 unspecified atom stereocenters. The van der Waals surface area contributed by atoms with E-state index in [0.717, 1.165) is 29.5 Å². The minimum Gasteiger partial charge on any atom is -0.370 e. The number of carbonyl (C=O) groups excluding carboxylic acids is 1. The number of nitrogens with two attached hydrogens (primary N) is 1. The van der Waals surface area contributed by atoms with Gasteiger partial charge in [-0.3, -0.25) is 9.79 Å². The van der Waals surface area contributed by atoms with Crippen LogP contribution in [0.3, 0.4) is 0 Å². The number of guanidine groups is 1. The van der Waals surface area contributed by atoms with Crippen LogP contribution in [0.5, 0.6) is 0 Å². The number of rotatable bonds is 7. The summed E-state index contributed by atoms with van der Waals surface area (Å²) in [6, 6.07) is 7.45. The van der Waals surface area contributed by atoms with E-state index in [1.54, 1.807) is 0 Å². The van der Waals surface area contributed by atoms with E-state index in [1.807, 2.05) is 24.3 Å². The first-order valence-corrected chi connectivity index (χ1v) is 7.50. The topological polar surface area (TPSA) is 79.5 Å². The maximum atomic E-state index is 11.7. The van der Waals surface area contributed by atoms with Gasteiger partial charge >= 0.3 is 0 Å². The second kappa shape index (κ2) is 11.8. The molecule has 0 aliphatic heterocycles. The molecule has 0 saturated heterocycles. The summed E-state index contributed by atoms with van der Waals surface area (Å²) in [7, 11) is 0. The Hall–Kier alpha value is -0.830. The maximum absolute atomic E-state index is 11.7. The van der Waals surface area contributed by atoms with Gasteiger partial charge in [-0.15, -0.1) is 24.0 Å². The highest BCUT2D eigenvalue weighted by molar-refractivity contribution is 14.0. The van der Waals surface area contributed by atoms with Gasteiger partial charge in [0, 0.05) is 29.7 Å². The van der Waals surface area contributed by atoms with Crippen molar-refractivity contribution in [3.8, 4) is 0 Å². The summed E-state index contributed by atoms with van der Waals surface area (Å²) in [6.07, 6.45) is 2.46. The maximum Gasteiger partial charge on any atom is 0.226 e. The summed E-state index contributed by atoms with van der Waals surface area (Å²) >= 11 is 3.35. The van der Waals surface area contributed by atoms with Crippen molar-refractivity contribution in [1.29, 1.82) is 0 Å². The SMILES string of the molecule is CCCCN=C(N)NCCC(=O)Nc1ccc(Br)cc1.I. The van der Waals surface area contributed by atoms with Crippen molar-refractivity contribution in [3.63, 3.8) is 0 Å². The lowest BCUT2D eigenvalue weighted by Gasteiger charge is -2.07. The first-order chi connectivity index (χ1) is 9.61. The van der Waals surface area contributed by atoms with Gasteiger partial charge in [-0.2, -0.15) is 0 Å². The van der Waals surface area contributed by atoms with Crippen LogP contribution < -0.4 is 16.4 Å². The van der Waals surface area contributed by atoms with Gasteiger partial charge in [-0.25, -0.2) is 0 Å². The van der Waals surface area contributed by atoms with Gasteiger partial charge < -0.3 is 16.4 Å². The summed E-state index contributed by atoms with van der Waals surface area (Å²) in [6.45, 7) is 3.30. The highest BCUT2D eigenvalue weighted by Gasteiger charge is 2.02. The monoisotopic (exact) mass is 468 g/mol. The van der Waals surface area contributed by atoms with Crippen LogP contribution in [0, 0.1) is 0 Å². The molecule has 0 heterocycles. The number of nitrogens with zero attached hydrogens (tertiary/aromatic N) is 1. The molecule has 1 amide bonds. The third-order valence-corrected chi connectivity index (χ3v) is 3.11. The first kappa shape index (κ1) is 20.2. The molecule has 1 aromatic rings. The van der Waals surface area contributed by atoms with Crippen molar-refractivity contribution >= 4 is 57.5 Å². The van der Waals surface area contributed by atoms with E-state index < -0.39 is 0 Å². The molecule has 0 aromatic heterocycles. The van der Waals surface area contributed by atoms with E-state index in [0.29, 0.717) is 18.9 Å². The molecule has 0 aliphatic carbocycles. The lowest BCUT2D eigenvalue weighted by molar-refractivity contribution is -0.116. The molecule has 21 heavy (non-hydrogen) atoms. The van der Waals surface area contributed by atoms with E-state index in [9.17, 15) is 4.79 Å². The van der Waals surface area contributed by atoms with Crippen molar-refractivity contribution < 1.29 is 4.79 Å². The van der Waals surface area contributed by atoms with Gasteiger partial charge in [0.2, 0.25) is 5.91 Å². The van der Waals surface area contributed by atoms with Crippen LogP contribution in [0.1, 0.15) is 26.2 Å². The van der Waals surface area contributed by atoms with Gasteiger partial charge in [-0.05, 0) is 30.7 Å². The van der Waals surface area contributed by atoms with Gasteiger partial charge in [0.05, 0.1) is 0 Å². The summed E-state index contributed by atoms with van der Waals surface area (Å²) in [5, 5.41) is 5.74. The van der Waals surface area contributed by atoms with Crippen LogP contribution in [-0.4, -0.2) is 25.0 Å². The van der Waals surface area contributed by atoms with Crippen LogP contribution in [0.25, 0.3) is 0 Å². The number of carbonyl (C=O) groups is 1. The Morgan fingerprint density at radius 2 is 2.00 bits per heavy atom. The standard InChI is InChI=1S/C14H21BrN4O.HI/c1-2-3-9-17-14(16)18-10-8-13(20)19-12-6-4-11(15)5-7-12;/h4-7H,2-3,8-10H2,1H3,(H,19,20)(H3,16,17,18);1H. The quantitative estimate of drug-likeness (QED) is 0.249. The smallest absolute Gasteiger partial charge is 0.226 e. The Kier molecular flexibility index (Phi) is 11.3. The van der Waals surface area contributed by atoms with E-state index in [4.69, 9.17) is 5.73 Å². The van der Waals surface area contributed by atoms with Crippen LogP contribution in [0.2, 0.25) is 0 Å². The second-order valence-corrected chi connectivity index (χ2v) is 5.27. The molecule has 0 aliphatic rings. The lowest BCUT2D eigenvalue weighted by atomic mass is 10.3. The molecule has 0 bridgehead atoms. The normalized spacial score (nSPS) is 10.7. The number of nitrogens with one attached hydrogen (secondary N) is 2. The average molecular weight is 469 g/mol. The highest BCUT2D eigenvalue weighted by Crippen LogP contribution is 2.14. The summed E-state index contributed by atoms with van der Waals surface area (Å²) < 4.78 is 0.980. The lowest BCUT2D eigenvalue weighted by Crippen LogP contribution is -2.34. The first-order valence-electron chi connectivity index (χ1n) is 6.71. The summed E-state index contributed by atoms with van der Waals surface area (Å²) in [5.74, 6) is 0.344. The van der Waals surface area contributed by atoms with E-state index in [-0.39, 0.29) is 29.9 Å². The van der Waals surface area contributed by atoms with Crippen LogP contribution in [-0.2, 0) is 4.79 Å². The van der Waals surface area contributed by atoms with E-state index >= 15 is 0 Å². The summed E-state index contributed by atoms with van der Waals surface area (Å²) in [4.78, 5) is 15.8. The number of halogens is 2. The Morgan fingerprint density at radius 3 is 2.62 bits per heavy atom. The van der Waals surface area contributed by atoms with Crippen molar-refractivity contribution in [1.82, 2.24) is 5.32 Å². The highest BCUT2D eigenvalue weighted by atomic mass is 127. The molecular weight excluding hydrogens is 447 g/mol. The molecule has 0 saturated carbocycles. The Bertz CT molecular complexity index is 451. The minimum absolute atomic E-state index is 0. The molecule has 0 radical (unpaired) electrons. The molecule has 1 rings (SSSR count). The number of unbranched alkanes of at least 4 members (excludes halogenated alkanes) is 1. The molecule has 0 atom stereocenters. The Labute approximate surface area is 151 Å². The fraction of sp³-hybridized carbons (Fsp3) is 0.429. The third kappa shape index (κ3) is 9.67. The van der Waals surface area contributed by atoms with Crippen LogP contribution >= 0.6 is 39.9 Å². The predicted molar refractivity (Wildman–Crippen MR) is 102 cm³/mol. The van der Waals surface area contributed by atoms with Crippen molar-refractivity contribution in [2.75, 3.05) is 18.4 Å². The van der Waals surface area contributed by atoms with Gasteiger partial charge in [0.15, 0.2) is 5.96 Å². The van der Waals surface area contributed by atoms with Crippen molar-refractivity contribution in [3.05, 3.63) is 28.7 Å². The largest absolute Gasteiger partial charge is 0.370 e. The van der Waals surface area contributed by atoms with Crippen LogP contribution in [0.4, 0.5) is 5.69 Å². The zero-order valence-electron chi connectivity index (χ0n) is 12.1. The molecule has 7 heteroatoms. The molecule has 1 aromatic carbocycles. The molecule has 118 valence electrons. The Morgan fingerprint density at radius 1 is 1.33 bits per heavy atom. The fourth-order valence-corrected chi connectivity index (χ4v) is 1.74. The molecule has 5 nitrogen and oxygen atoms in total. The average Bonchev–Trinajstić information content (AvgIpc) is 2.42. The molecule has 4 N–H and O–H groups in total. The van der Waals surface area contributed by atoms with E-state index in [1.165, 1.54) is 0 Å². The number of amides is 1. The van der Waals surface area contributed by atoms with Crippen molar-refractivity contribution in [2.45, 2.75) is 26.2 Å². The molecule has 0 spiro atoms. The number of hydrogen-bond donors (Lipinski definition) is 3. The van der Waals surface area contributed by atoms with Crippen molar-refractivity contribution in [2.24, 2.45) is 10.7 Å². The van der Waals surface area contributed by atoms with Gasteiger partial charge in [-0.1, -0.05) is 29.3 Å². The predicted octanol–water partition coefficient (Wildman–Crippen LogP) is 3.10. The third-order valence-electron chi connectivity index (χ3n) is 2.58. The molecular formula is C14H22BrIN4O. The zero-order valence-corrected chi connectivity index (χ0v) is 16.0.